The quantitative estimate of drug-likeness (QED) is 0.491. The molecule has 0 spiro atoms. The van der Waals surface area contributed by atoms with Gasteiger partial charge < -0.3 is 15.2 Å². The molecule has 8 nitrogen and oxygen atoms in total. The molecule has 0 aliphatic heterocycles. The molecule has 0 aliphatic rings. The fraction of sp³-hybridized carbons (Fsp3) is 0.130. The summed E-state index contributed by atoms with van der Waals surface area (Å²) in [4.78, 5) is 32.9. The summed E-state index contributed by atoms with van der Waals surface area (Å²) in [5, 5.41) is 12.5. The predicted octanol–water partition coefficient (Wildman–Crippen LogP) is 4.08. The van der Waals surface area contributed by atoms with Crippen molar-refractivity contribution in [3.63, 3.8) is 0 Å². The Morgan fingerprint density at radius 3 is 2.61 bits per heavy atom. The third-order valence-corrected chi connectivity index (χ3v) is 4.78. The minimum Gasteiger partial charge on any atom is -0.477 e. The molecule has 3 aromatic heterocycles. The van der Waals surface area contributed by atoms with Gasteiger partial charge in [-0.3, -0.25) is 9.38 Å². The fourth-order valence-electron chi connectivity index (χ4n) is 3.37. The lowest BCUT2D eigenvalue weighted by atomic mass is 10.1. The first-order chi connectivity index (χ1) is 15.0. The SMILES string of the molecule is CC(NC(=O)OCc1ccccc1)c1nc2cccc(C(=O)O)n2c1-c1cccnc1. The number of nitrogens with zero attached hydrogens (tertiary/aromatic N) is 3. The van der Waals surface area contributed by atoms with Crippen LogP contribution in [0.4, 0.5) is 4.79 Å². The normalized spacial score (nSPS) is 11.8. The van der Waals surface area contributed by atoms with E-state index in [4.69, 9.17) is 4.74 Å². The number of alkyl carbamates (subject to hydrolysis) is 1. The van der Waals surface area contributed by atoms with E-state index in [-0.39, 0.29) is 12.3 Å². The highest BCUT2D eigenvalue weighted by Crippen LogP contribution is 2.30. The van der Waals surface area contributed by atoms with Crippen LogP contribution in [0.15, 0.2) is 73.1 Å². The van der Waals surface area contributed by atoms with Gasteiger partial charge in [0.1, 0.15) is 17.9 Å². The Morgan fingerprint density at radius 1 is 1.10 bits per heavy atom. The first kappa shape index (κ1) is 20.1. The molecule has 1 amide bonds. The first-order valence-electron chi connectivity index (χ1n) is 9.67. The van der Waals surface area contributed by atoms with E-state index in [0.717, 1.165) is 5.56 Å². The van der Waals surface area contributed by atoms with Crippen LogP contribution in [0.25, 0.3) is 16.9 Å². The topological polar surface area (TPSA) is 106 Å². The van der Waals surface area contributed by atoms with Crippen molar-refractivity contribution < 1.29 is 19.4 Å². The number of carboxylic acids is 1. The molecular weight excluding hydrogens is 396 g/mol. The summed E-state index contributed by atoms with van der Waals surface area (Å²) in [6.45, 7) is 1.91. The molecule has 0 fully saturated rings. The number of ether oxygens (including phenoxy) is 1. The number of rotatable bonds is 6. The number of imidazole rings is 1. The van der Waals surface area contributed by atoms with Crippen LogP contribution in [0, 0.1) is 0 Å². The molecule has 2 N–H and O–H groups in total. The van der Waals surface area contributed by atoms with E-state index < -0.39 is 18.1 Å². The summed E-state index contributed by atoms with van der Waals surface area (Å²) in [6, 6.07) is 17.3. The Hall–Kier alpha value is -4.20. The van der Waals surface area contributed by atoms with Gasteiger partial charge >= 0.3 is 12.1 Å². The van der Waals surface area contributed by atoms with Crippen LogP contribution in [0.2, 0.25) is 0 Å². The Bertz CT molecular complexity index is 1220. The summed E-state index contributed by atoms with van der Waals surface area (Å²) < 4.78 is 6.87. The van der Waals surface area contributed by atoms with Gasteiger partial charge in [-0.25, -0.2) is 14.6 Å². The zero-order valence-corrected chi connectivity index (χ0v) is 16.7. The van der Waals surface area contributed by atoms with Gasteiger partial charge in [0.15, 0.2) is 0 Å². The second-order valence-electron chi connectivity index (χ2n) is 6.92. The van der Waals surface area contributed by atoms with E-state index in [1.54, 1.807) is 41.9 Å². The maximum absolute atomic E-state index is 12.4. The van der Waals surface area contributed by atoms with Crippen molar-refractivity contribution in [2.24, 2.45) is 0 Å². The fourth-order valence-corrected chi connectivity index (χ4v) is 3.37. The summed E-state index contributed by atoms with van der Waals surface area (Å²) in [7, 11) is 0. The second kappa shape index (κ2) is 8.66. The van der Waals surface area contributed by atoms with Crippen LogP contribution in [-0.2, 0) is 11.3 Å². The van der Waals surface area contributed by atoms with Gasteiger partial charge in [0.25, 0.3) is 0 Å². The number of amides is 1. The van der Waals surface area contributed by atoms with E-state index >= 15 is 0 Å². The first-order valence-corrected chi connectivity index (χ1v) is 9.67. The molecule has 0 aliphatic carbocycles. The van der Waals surface area contributed by atoms with Gasteiger partial charge in [-0.05, 0) is 36.8 Å². The summed E-state index contributed by atoms with van der Waals surface area (Å²) in [5.41, 5.74) is 3.15. The molecule has 3 heterocycles. The van der Waals surface area contributed by atoms with Crippen molar-refractivity contribution in [2.45, 2.75) is 19.6 Å². The van der Waals surface area contributed by atoms with E-state index in [2.05, 4.69) is 15.3 Å². The predicted molar refractivity (Wildman–Crippen MR) is 114 cm³/mol. The standard InChI is InChI=1S/C23H20N4O4/c1-15(25-23(30)31-14-16-7-3-2-4-8-16)20-21(17-9-6-12-24-13-17)27-18(22(28)29)10-5-11-19(27)26-20/h2-13,15H,14H2,1H3,(H,25,30)(H,28,29). The lowest BCUT2D eigenvalue weighted by Crippen LogP contribution is -2.28. The van der Waals surface area contributed by atoms with E-state index in [1.807, 2.05) is 36.4 Å². The molecular formula is C23H20N4O4. The van der Waals surface area contributed by atoms with Crippen LogP contribution < -0.4 is 5.32 Å². The number of nitrogens with one attached hydrogen (secondary N) is 1. The van der Waals surface area contributed by atoms with Crippen LogP contribution in [0.5, 0.6) is 0 Å². The van der Waals surface area contributed by atoms with Crippen molar-refractivity contribution >= 4 is 17.7 Å². The Kier molecular flexibility index (Phi) is 5.61. The largest absolute Gasteiger partial charge is 0.477 e. The number of carboxylic acid groups (broad SMARTS) is 1. The lowest BCUT2D eigenvalue weighted by molar-refractivity contribution is 0.0689. The zero-order valence-electron chi connectivity index (χ0n) is 16.7. The van der Waals surface area contributed by atoms with Gasteiger partial charge in [-0.2, -0.15) is 0 Å². The monoisotopic (exact) mass is 416 g/mol. The smallest absolute Gasteiger partial charge is 0.407 e. The summed E-state index contributed by atoms with van der Waals surface area (Å²) in [5.74, 6) is -1.08. The van der Waals surface area contributed by atoms with Crippen LogP contribution >= 0.6 is 0 Å². The number of hydrogen-bond acceptors (Lipinski definition) is 5. The van der Waals surface area contributed by atoms with Crippen LogP contribution in [0.1, 0.15) is 34.7 Å². The highest BCUT2D eigenvalue weighted by molar-refractivity contribution is 5.88. The minimum atomic E-state index is -1.08. The minimum absolute atomic E-state index is 0.0638. The molecule has 156 valence electrons. The number of hydrogen-bond donors (Lipinski definition) is 2. The van der Waals surface area contributed by atoms with Gasteiger partial charge in [-0.15, -0.1) is 0 Å². The van der Waals surface area contributed by atoms with Crippen molar-refractivity contribution in [2.75, 3.05) is 0 Å². The second-order valence-corrected chi connectivity index (χ2v) is 6.92. The van der Waals surface area contributed by atoms with Crippen LogP contribution in [0.3, 0.4) is 0 Å². The molecule has 1 unspecified atom stereocenters. The van der Waals surface area contributed by atoms with Gasteiger partial charge in [0, 0.05) is 18.0 Å². The average molecular weight is 416 g/mol. The van der Waals surface area contributed by atoms with Gasteiger partial charge in [0.2, 0.25) is 0 Å². The zero-order chi connectivity index (χ0) is 21.8. The molecule has 0 radical (unpaired) electrons. The highest BCUT2D eigenvalue weighted by Gasteiger charge is 2.24. The average Bonchev–Trinajstić information content (AvgIpc) is 3.19. The van der Waals surface area contributed by atoms with Gasteiger partial charge in [-0.1, -0.05) is 36.4 Å². The lowest BCUT2D eigenvalue weighted by Gasteiger charge is -2.15. The molecule has 1 aromatic carbocycles. The molecule has 0 bridgehead atoms. The summed E-state index contributed by atoms with van der Waals surface area (Å²) in [6.07, 6.45) is 2.67. The number of benzene rings is 1. The molecule has 8 heteroatoms. The van der Waals surface area contributed by atoms with E-state index in [0.29, 0.717) is 22.6 Å². The van der Waals surface area contributed by atoms with E-state index in [9.17, 15) is 14.7 Å². The third-order valence-electron chi connectivity index (χ3n) is 4.78. The number of fused-ring (bicyclic) bond motifs is 1. The maximum Gasteiger partial charge on any atom is 0.407 e. The number of carbonyl (C=O) groups excluding carboxylic acids is 1. The molecule has 0 saturated heterocycles. The van der Waals surface area contributed by atoms with Crippen molar-refractivity contribution in [3.8, 4) is 11.3 Å². The van der Waals surface area contributed by atoms with Crippen molar-refractivity contribution in [1.82, 2.24) is 19.7 Å². The Morgan fingerprint density at radius 2 is 1.90 bits per heavy atom. The molecule has 0 saturated carbocycles. The number of aromatic carboxylic acids is 1. The Balaban J connectivity index is 1.67. The van der Waals surface area contributed by atoms with Crippen LogP contribution in [-0.4, -0.2) is 31.5 Å². The Labute approximate surface area is 178 Å². The number of carbonyl (C=O) groups is 2. The maximum atomic E-state index is 12.4. The van der Waals surface area contributed by atoms with Gasteiger partial charge in [0.05, 0.1) is 17.4 Å². The molecule has 4 aromatic rings. The number of aromatic nitrogens is 3. The summed E-state index contributed by atoms with van der Waals surface area (Å²) >= 11 is 0. The number of pyridine rings is 2. The third kappa shape index (κ3) is 4.23. The molecule has 1 atom stereocenters. The van der Waals surface area contributed by atoms with E-state index in [1.165, 1.54) is 6.07 Å². The highest BCUT2D eigenvalue weighted by atomic mass is 16.5. The molecule has 4 rings (SSSR count). The van der Waals surface area contributed by atoms with Crippen molar-refractivity contribution in [1.29, 1.82) is 0 Å². The van der Waals surface area contributed by atoms with Crippen molar-refractivity contribution in [3.05, 3.63) is 90.0 Å². The molecule has 31 heavy (non-hydrogen) atoms.